The van der Waals surface area contributed by atoms with Crippen LogP contribution in [0.15, 0.2) is 29.6 Å². The lowest BCUT2D eigenvalue weighted by molar-refractivity contribution is 0.711. The number of hydrogen-bond acceptors (Lipinski definition) is 3. The first-order valence-electron chi connectivity index (χ1n) is 9.94. The van der Waals surface area contributed by atoms with Crippen molar-refractivity contribution in [2.24, 2.45) is 0 Å². The number of hydrogen-bond donors (Lipinski definition) is 1. The van der Waals surface area contributed by atoms with Crippen LogP contribution in [0.4, 0.5) is 5.69 Å². The first-order valence-corrected chi connectivity index (χ1v) is 10.8. The average molecular weight is 377 g/mol. The Bertz CT molecular complexity index is 984. The van der Waals surface area contributed by atoms with E-state index < -0.39 is 0 Å². The molecule has 27 heavy (non-hydrogen) atoms. The molecule has 0 amide bonds. The number of aryl methyl sites for hydroxylation is 5. The lowest BCUT2D eigenvalue weighted by Crippen LogP contribution is -1.98. The fourth-order valence-electron chi connectivity index (χ4n) is 4.11. The maximum Gasteiger partial charge on any atom is 0.123 e. The summed E-state index contributed by atoms with van der Waals surface area (Å²) < 4.78 is 0. The standard InChI is InChI=1S/C24H28N2S/c1-15-11-23(25)17(3)10-20(15)12-21-14-27-24(26-21)22-13-19-8-6-4-5-7-18(19)9-16(22)2/h9-11,13-14H,4-8,12,25H2,1-3H3. The van der Waals surface area contributed by atoms with Gasteiger partial charge in [0.25, 0.3) is 0 Å². The number of benzene rings is 2. The van der Waals surface area contributed by atoms with Crippen molar-refractivity contribution in [1.29, 1.82) is 0 Å². The summed E-state index contributed by atoms with van der Waals surface area (Å²) in [7, 11) is 0. The van der Waals surface area contributed by atoms with Crippen molar-refractivity contribution in [3.05, 3.63) is 68.7 Å². The van der Waals surface area contributed by atoms with E-state index in [0.29, 0.717) is 0 Å². The first kappa shape index (κ1) is 18.2. The zero-order chi connectivity index (χ0) is 19.0. The second kappa shape index (κ2) is 7.47. The third-order valence-corrected chi connectivity index (χ3v) is 6.74. The van der Waals surface area contributed by atoms with E-state index in [1.807, 2.05) is 0 Å². The van der Waals surface area contributed by atoms with Gasteiger partial charge in [0.1, 0.15) is 5.01 Å². The Morgan fingerprint density at radius 1 is 0.889 bits per heavy atom. The molecule has 2 N–H and O–H groups in total. The molecular weight excluding hydrogens is 348 g/mol. The van der Waals surface area contributed by atoms with E-state index in [-0.39, 0.29) is 0 Å². The highest BCUT2D eigenvalue weighted by Gasteiger charge is 2.14. The first-order chi connectivity index (χ1) is 13.0. The smallest absolute Gasteiger partial charge is 0.123 e. The number of thiazole rings is 1. The van der Waals surface area contributed by atoms with Crippen LogP contribution >= 0.6 is 11.3 Å². The van der Waals surface area contributed by atoms with Crippen LogP contribution in [0.1, 0.15) is 58.3 Å². The van der Waals surface area contributed by atoms with Crippen LogP contribution in [0.25, 0.3) is 10.6 Å². The molecule has 0 radical (unpaired) electrons. The SMILES string of the molecule is Cc1cc(Cc2csc(-c3cc4c(cc3C)CCCCC4)n2)c(C)cc1N. The molecule has 2 aromatic carbocycles. The van der Waals surface area contributed by atoms with Crippen LogP contribution in [-0.2, 0) is 19.3 Å². The minimum atomic E-state index is 0.868. The van der Waals surface area contributed by atoms with Crippen LogP contribution in [-0.4, -0.2) is 4.98 Å². The molecule has 0 fully saturated rings. The summed E-state index contributed by atoms with van der Waals surface area (Å²) in [5, 5.41) is 3.37. The molecule has 0 aliphatic heterocycles. The number of aromatic nitrogens is 1. The van der Waals surface area contributed by atoms with Crippen molar-refractivity contribution in [2.45, 2.75) is 59.3 Å². The van der Waals surface area contributed by atoms with Gasteiger partial charge in [0.05, 0.1) is 5.69 Å². The molecule has 3 heteroatoms. The molecule has 1 aliphatic rings. The summed E-state index contributed by atoms with van der Waals surface area (Å²) in [6, 6.07) is 9.10. The number of anilines is 1. The van der Waals surface area contributed by atoms with Gasteiger partial charge in [-0.25, -0.2) is 4.98 Å². The fourth-order valence-corrected chi connectivity index (χ4v) is 5.01. The number of fused-ring (bicyclic) bond motifs is 1. The van der Waals surface area contributed by atoms with E-state index in [2.05, 4.69) is 50.4 Å². The Morgan fingerprint density at radius 3 is 2.41 bits per heavy atom. The highest BCUT2D eigenvalue weighted by molar-refractivity contribution is 7.13. The molecule has 1 aliphatic carbocycles. The zero-order valence-corrected chi connectivity index (χ0v) is 17.4. The van der Waals surface area contributed by atoms with Gasteiger partial charge < -0.3 is 5.73 Å². The highest BCUT2D eigenvalue weighted by atomic mass is 32.1. The maximum absolute atomic E-state index is 6.03. The van der Waals surface area contributed by atoms with Crippen LogP contribution in [0, 0.1) is 20.8 Å². The minimum Gasteiger partial charge on any atom is -0.399 e. The molecule has 0 saturated carbocycles. The zero-order valence-electron chi connectivity index (χ0n) is 16.6. The molecule has 0 spiro atoms. The number of nitrogens with two attached hydrogens (primary N) is 1. The fraction of sp³-hybridized carbons (Fsp3) is 0.375. The third-order valence-electron chi connectivity index (χ3n) is 5.82. The van der Waals surface area contributed by atoms with Gasteiger partial charge in [-0.2, -0.15) is 0 Å². The minimum absolute atomic E-state index is 0.868. The lowest BCUT2D eigenvalue weighted by Gasteiger charge is -2.11. The van der Waals surface area contributed by atoms with E-state index >= 15 is 0 Å². The van der Waals surface area contributed by atoms with Gasteiger partial charge in [-0.15, -0.1) is 11.3 Å². The van der Waals surface area contributed by atoms with Crippen LogP contribution in [0.5, 0.6) is 0 Å². The third kappa shape index (κ3) is 3.79. The van der Waals surface area contributed by atoms with Crippen molar-refractivity contribution < 1.29 is 0 Å². The number of rotatable bonds is 3. The summed E-state index contributed by atoms with van der Waals surface area (Å²) in [6.07, 6.45) is 7.31. The summed E-state index contributed by atoms with van der Waals surface area (Å²) in [4.78, 5) is 4.99. The Morgan fingerprint density at radius 2 is 1.63 bits per heavy atom. The topological polar surface area (TPSA) is 38.9 Å². The normalized spacial score (nSPS) is 14.0. The monoisotopic (exact) mass is 376 g/mol. The lowest BCUT2D eigenvalue weighted by atomic mass is 9.96. The average Bonchev–Trinajstić information content (AvgIpc) is 2.97. The number of nitrogens with zero attached hydrogens (tertiary/aromatic N) is 1. The quantitative estimate of drug-likeness (QED) is 0.438. The van der Waals surface area contributed by atoms with E-state index in [9.17, 15) is 0 Å². The summed E-state index contributed by atoms with van der Waals surface area (Å²) >= 11 is 1.77. The second-order valence-electron chi connectivity index (χ2n) is 7.95. The van der Waals surface area contributed by atoms with E-state index in [1.165, 1.54) is 59.9 Å². The predicted octanol–water partition coefficient (Wildman–Crippen LogP) is 6.18. The molecule has 1 heterocycles. The van der Waals surface area contributed by atoms with Crippen molar-refractivity contribution in [3.63, 3.8) is 0 Å². The van der Waals surface area contributed by atoms with E-state index in [1.54, 1.807) is 16.9 Å². The Kier molecular flexibility index (Phi) is 5.05. The van der Waals surface area contributed by atoms with Crippen LogP contribution in [0.3, 0.4) is 0 Å². The van der Waals surface area contributed by atoms with Crippen LogP contribution in [0.2, 0.25) is 0 Å². The number of nitrogen functional groups attached to an aromatic ring is 1. The molecule has 0 unspecified atom stereocenters. The molecular formula is C24H28N2S. The van der Waals surface area contributed by atoms with Crippen molar-refractivity contribution in [2.75, 3.05) is 5.73 Å². The largest absolute Gasteiger partial charge is 0.399 e. The molecule has 0 bridgehead atoms. The molecule has 0 atom stereocenters. The molecule has 0 saturated heterocycles. The second-order valence-corrected chi connectivity index (χ2v) is 8.81. The molecule has 2 nitrogen and oxygen atoms in total. The summed E-state index contributed by atoms with van der Waals surface area (Å²) in [5.74, 6) is 0. The molecule has 3 aromatic rings. The molecule has 1 aromatic heterocycles. The van der Waals surface area contributed by atoms with Gasteiger partial charge in [-0.05, 0) is 92.0 Å². The maximum atomic E-state index is 6.03. The van der Waals surface area contributed by atoms with Gasteiger partial charge in [0.2, 0.25) is 0 Å². The van der Waals surface area contributed by atoms with Gasteiger partial charge in [-0.3, -0.25) is 0 Å². The van der Waals surface area contributed by atoms with Crippen molar-refractivity contribution in [1.82, 2.24) is 4.98 Å². The summed E-state index contributed by atoms with van der Waals surface area (Å²) in [6.45, 7) is 6.44. The predicted molar refractivity (Wildman–Crippen MR) is 117 cm³/mol. The molecule has 4 rings (SSSR count). The van der Waals surface area contributed by atoms with Gasteiger partial charge in [0.15, 0.2) is 0 Å². The van der Waals surface area contributed by atoms with Gasteiger partial charge in [-0.1, -0.05) is 18.6 Å². The van der Waals surface area contributed by atoms with Crippen LogP contribution < -0.4 is 5.73 Å². The summed E-state index contributed by atoms with van der Waals surface area (Å²) in [5.41, 5.74) is 17.5. The Hall–Kier alpha value is -2.13. The Labute approximate surface area is 166 Å². The molecule has 140 valence electrons. The Balaban J connectivity index is 1.63. The van der Waals surface area contributed by atoms with E-state index in [0.717, 1.165) is 28.4 Å². The van der Waals surface area contributed by atoms with Gasteiger partial charge >= 0.3 is 0 Å². The highest BCUT2D eigenvalue weighted by Crippen LogP contribution is 2.32. The van der Waals surface area contributed by atoms with Crippen molar-refractivity contribution in [3.8, 4) is 10.6 Å². The van der Waals surface area contributed by atoms with E-state index in [4.69, 9.17) is 10.7 Å². The van der Waals surface area contributed by atoms with Gasteiger partial charge in [0, 0.05) is 23.1 Å². The van der Waals surface area contributed by atoms with Crippen molar-refractivity contribution >= 4 is 17.0 Å².